The monoisotopic (exact) mass is 186 g/mol. The SMILES string of the molecule is CCCCCC(C)C(=O)OCCC. The lowest BCUT2D eigenvalue weighted by Crippen LogP contribution is -2.15. The van der Waals surface area contributed by atoms with Crippen LogP contribution in [-0.2, 0) is 9.53 Å². The highest BCUT2D eigenvalue weighted by molar-refractivity contribution is 5.71. The van der Waals surface area contributed by atoms with Crippen LogP contribution in [0.4, 0.5) is 0 Å². The molecule has 0 aromatic rings. The van der Waals surface area contributed by atoms with E-state index in [0.717, 1.165) is 19.3 Å². The lowest BCUT2D eigenvalue weighted by molar-refractivity contribution is -0.148. The predicted octanol–water partition coefficient (Wildman–Crippen LogP) is 3.16. The second kappa shape index (κ2) is 8.09. The van der Waals surface area contributed by atoms with E-state index in [9.17, 15) is 4.79 Å². The zero-order valence-corrected chi connectivity index (χ0v) is 9.14. The number of rotatable bonds is 7. The Hall–Kier alpha value is -0.530. The number of hydrogen-bond acceptors (Lipinski definition) is 2. The second-order valence-corrected chi connectivity index (χ2v) is 3.56. The van der Waals surface area contributed by atoms with Crippen molar-refractivity contribution < 1.29 is 9.53 Å². The van der Waals surface area contributed by atoms with Gasteiger partial charge in [-0.15, -0.1) is 0 Å². The molecule has 0 aliphatic carbocycles. The van der Waals surface area contributed by atoms with Crippen molar-refractivity contribution >= 4 is 5.97 Å². The summed E-state index contributed by atoms with van der Waals surface area (Å²) in [5.74, 6) is 0.0519. The first-order chi connectivity index (χ1) is 6.22. The largest absolute Gasteiger partial charge is 0.465 e. The normalized spacial score (nSPS) is 12.5. The Kier molecular flexibility index (Phi) is 7.76. The molecule has 78 valence electrons. The molecule has 13 heavy (non-hydrogen) atoms. The van der Waals surface area contributed by atoms with Crippen molar-refractivity contribution in [2.45, 2.75) is 52.9 Å². The van der Waals surface area contributed by atoms with E-state index in [2.05, 4.69) is 6.92 Å². The van der Waals surface area contributed by atoms with Crippen LogP contribution in [0.15, 0.2) is 0 Å². The molecule has 0 saturated carbocycles. The fraction of sp³-hybridized carbons (Fsp3) is 0.909. The Balaban J connectivity index is 3.45. The zero-order chi connectivity index (χ0) is 10.1. The molecule has 0 bridgehead atoms. The molecule has 1 unspecified atom stereocenters. The minimum atomic E-state index is -0.0297. The van der Waals surface area contributed by atoms with Gasteiger partial charge in [-0.3, -0.25) is 4.79 Å². The summed E-state index contributed by atoms with van der Waals surface area (Å²) in [4.78, 5) is 11.3. The summed E-state index contributed by atoms with van der Waals surface area (Å²) in [6.45, 7) is 6.69. The molecule has 0 fully saturated rings. The van der Waals surface area contributed by atoms with Crippen molar-refractivity contribution in [1.29, 1.82) is 0 Å². The van der Waals surface area contributed by atoms with Crippen LogP contribution in [0.1, 0.15) is 52.9 Å². The highest BCUT2D eigenvalue weighted by atomic mass is 16.5. The summed E-state index contributed by atoms with van der Waals surface area (Å²) >= 11 is 0. The Morgan fingerprint density at radius 1 is 1.23 bits per heavy atom. The number of ether oxygens (including phenoxy) is 1. The molecule has 0 aromatic carbocycles. The first-order valence-corrected chi connectivity index (χ1v) is 5.39. The van der Waals surface area contributed by atoms with Gasteiger partial charge in [0.15, 0.2) is 0 Å². The molecule has 0 aliphatic heterocycles. The molecular weight excluding hydrogens is 164 g/mol. The van der Waals surface area contributed by atoms with Gasteiger partial charge < -0.3 is 4.74 Å². The Labute approximate surface area is 81.7 Å². The number of hydrogen-bond donors (Lipinski definition) is 0. The Morgan fingerprint density at radius 2 is 1.92 bits per heavy atom. The van der Waals surface area contributed by atoms with Gasteiger partial charge in [0, 0.05) is 0 Å². The van der Waals surface area contributed by atoms with Gasteiger partial charge in [0.1, 0.15) is 0 Å². The third-order valence-corrected chi connectivity index (χ3v) is 2.09. The summed E-state index contributed by atoms with van der Waals surface area (Å²) in [5, 5.41) is 0. The van der Waals surface area contributed by atoms with Gasteiger partial charge in [-0.2, -0.15) is 0 Å². The van der Waals surface area contributed by atoms with Gasteiger partial charge in [-0.1, -0.05) is 40.0 Å². The van der Waals surface area contributed by atoms with Crippen molar-refractivity contribution in [3.05, 3.63) is 0 Å². The lowest BCUT2D eigenvalue weighted by atomic mass is 10.0. The molecule has 0 saturated heterocycles. The van der Waals surface area contributed by atoms with E-state index in [1.54, 1.807) is 0 Å². The van der Waals surface area contributed by atoms with Gasteiger partial charge in [0.25, 0.3) is 0 Å². The highest BCUT2D eigenvalue weighted by Crippen LogP contribution is 2.10. The topological polar surface area (TPSA) is 26.3 Å². The van der Waals surface area contributed by atoms with Crippen LogP contribution in [0.2, 0.25) is 0 Å². The van der Waals surface area contributed by atoms with Crippen LogP contribution >= 0.6 is 0 Å². The van der Waals surface area contributed by atoms with Crippen LogP contribution < -0.4 is 0 Å². The second-order valence-electron chi connectivity index (χ2n) is 3.56. The third-order valence-electron chi connectivity index (χ3n) is 2.09. The minimum absolute atomic E-state index is 0.0297. The smallest absolute Gasteiger partial charge is 0.308 e. The molecule has 2 nitrogen and oxygen atoms in total. The van der Waals surface area contributed by atoms with Crippen molar-refractivity contribution in [2.75, 3.05) is 6.61 Å². The quantitative estimate of drug-likeness (QED) is 0.451. The summed E-state index contributed by atoms with van der Waals surface area (Å²) in [6.07, 6.45) is 5.44. The molecule has 0 aromatic heterocycles. The van der Waals surface area contributed by atoms with Crippen LogP contribution in [-0.4, -0.2) is 12.6 Å². The maximum Gasteiger partial charge on any atom is 0.308 e. The highest BCUT2D eigenvalue weighted by Gasteiger charge is 2.12. The first kappa shape index (κ1) is 12.5. The summed E-state index contributed by atoms with van der Waals surface area (Å²) in [7, 11) is 0. The summed E-state index contributed by atoms with van der Waals surface area (Å²) in [5.41, 5.74) is 0. The van der Waals surface area contributed by atoms with Gasteiger partial charge >= 0.3 is 5.97 Å². The van der Waals surface area contributed by atoms with Gasteiger partial charge in [0.2, 0.25) is 0 Å². The molecule has 2 heteroatoms. The standard InChI is InChI=1S/C11H22O2/c1-4-6-7-8-10(3)11(12)13-9-5-2/h10H,4-9H2,1-3H3. The van der Waals surface area contributed by atoms with E-state index in [0.29, 0.717) is 6.61 Å². The summed E-state index contributed by atoms with van der Waals surface area (Å²) < 4.78 is 5.04. The average Bonchev–Trinajstić information content (AvgIpc) is 2.14. The van der Waals surface area contributed by atoms with Crippen LogP contribution in [0, 0.1) is 5.92 Å². The molecular formula is C11H22O2. The van der Waals surface area contributed by atoms with E-state index in [4.69, 9.17) is 4.74 Å². The fourth-order valence-corrected chi connectivity index (χ4v) is 1.16. The zero-order valence-electron chi connectivity index (χ0n) is 9.14. The van der Waals surface area contributed by atoms with Gasteiger partial charge in [-0.25, -0.2) is 0 Å². The number of esters is 1. The molecule has 0 N–H and O–H groups in total. The predicted molar refractivity (Wildman–Crippen MR) is 54.6 cm³/mol. The maximum atomic E-state index is 11.3. The maximum absolute atomic E-state index is 11.3. The van der Waals surface area contributed by atoms with Crippen molar-refractivity contribution in [3.63, 3.8) is 0 Å². The Bertz CT molecular complexity index is 132. The molecule has 0 heterocycles. The van der Waals surface area contributed by atoms with Crippen molar-refractivity contribution in [3.8, 4) is 0 Å². The lowest BCUT2D eigenvalue weighted by Gasteiger charge is -2.09. The Morgan fingerprint density at radius 3 is 2.46 bits per heavy atom. The number of carbonyl (C=O) groups excluding carboxylic acids is 1. The van der Waals surface area contributed by atoms with E-state index >= 15 is 0 Å². The molecule has 0 amide bonds. The number of unbranched alkanes of at least 4 members (excludes halogenated alkanes) is 2. The van der Waals surface area contributed by atoms with Crippen LogP contribution in [0.25, 0.3) is 0 Å². The summed E-state index contributed by atoms with van der Waals surface area (Å²) in [6, 6.07) is 0. The van der Waals surface area contributed by atoms with E-state index in [-0.39, 0.29) is 11.9 Å². The van der Waals surface area contributed by atoms with Crippen LogP contribution in [0.5, 0.6) is 0 Å². The molecule has 0 radical (unpaired) electrons. The average molecular weight is 186 g/mol. The molecule has 1 atom stereocenters. The van der Waals surface area contributed by atoms with E-state index < -0.39 is 0 Å². The molecule has 0 aliphatic rings. The first-order valence-electron chi connectivity index (χ1n) is 5.39. The molecule has 0 rings (SSSR count). The minimum Gasteiger partial charge on any atom is -0.465 e. The van der Waals surface area contributed by atoms with Crippen molar-refractivity contribution in [2.24, 2.45) is 5.92 Å². The third kappa shape index (κ3) is 6.62. The fourth-order valence-electron chi connectivity index (χ4n) is 1.16. The number of carbonyl (C=O) groups is 1. The molecule has 0 spiro atoms. The van der Waals surface area contributed by atoms with E-state index in [1.807, 2.05) is 13.8 Å². The van der Waals surface area contributed by atoms with Crippen molar-refractivity contribution in [1.82, 2.24) is 0 Å². The van der Waals surface area contributed by atoms with Gasteiger partial charge in [-0.05, 0) is 12.8 Å². The van der Waals surface area contributed by atoms with Gasteiger partial charge in [0.05, 0.1) is 12.5 Å². The van der Waals surface area contributed by atoms with E-state index in [1.165, 1.54) is 12.8 Å². The van der Waals surface area contributed by atoms with Crippen LogP contribution in [0.3, 0.4) is 0 Å².